The summed E-state index contributed by atoms with van der Waals surface area (Å²) >= 11 is 0. The van der Waals surface area contributed by atoms with E-state index in [1.165, 1.54) is 0 Å². The Hall–Kier alpha value is -1.64. The van der Waals surface area contributed by atoms with Gasteiger partial charge in [0, 0.05) is 5.92 Å². The van der Waals surface area contributed by atoms with Gasteiger partial charge in [-0.05, 0) is 30.0 Å². The van der Waals surface area contributed by atoms with Crippen LogP contribution in [-0.2, 0) is 9.59 Å². The molecule has 0 spiro atoms. The third-order valence-electron chi connectivity index (χ3n) is 2.79. The van der Waals surface area contributed by atoms with Gasteiger partial charge in [-0.15, -0.1) is 0 Å². The van der Waals surface area contributed by atoms with E-state index >= 15 is 0 Å². The molecule has 1 aliphatic carbocycles. The van der Waals surface area contributed by atoms with Crippen LogP contribution in [-0.4, -0.2) is 19.2 Å². The fourth-order valence-corrected chi connectivity index (χ4v) is 1.84. The number of carbonyl (C=O) groups excluding carboxylic acids is 2. The van der Waals surface area contributed by atoms with Crippen LogP contribution in [0.3, 0.4) is 0 Å². The van der Waals surface area contributed by atoms with Gasteiger partial charge in [-0.25, -0.2) is 0 Å². The lowest BCUT2D eigenvalue weighted by Crippen LogP contribution is -2.02. The summed E-state index contributed by atoms with van der Waals surface area (Å²) in [6.07, 6.45) is 1.20. The first-order chi connectivity index (χ1) is 7.26. The average molecular weight is 204 g/mol. The Kier molecular flexibility index (Phi) is 2.54. The number of methoxy groups -OCH3 is 1. The lowest BCUT2D eigenvalue weighted by Gasteiger charge is -2.02. The topological polar surface area (TPSA) is 43.4 Å². The largest absolute Gasteiger partial charge is 0.497 e. The van der Waals surface area contributed by atoms with E-state index in [-0.39, 0.29) is 17.6 Å². The van der Waals surface area contributed by atoms with Crippen LogP contribution in [0.4, 0.5) is 0 Å². The quantitative estimate of drug-likeness (QED) is 0.552. The molecule has 1 aliphatic rings. The van der Waals surface area contributed by atoms with E-state index in [2.05, 4.69) is 0 Å². The number of hydrogen-bond acceptors (Lipinski definition) is 3. The molecule has 3 heteroatoms. The molecule has 0 aromatic heterocycles. The molecule has 0 amide bonds. The minimum atomic E-state index is -0.289. The van der Waals surface area contributed by atoms with Gasteiger partial charge < -0.3 is 4.74 Å². The predicted molar refractivity (Wildman–Crippen MR) is 54.9 cm³/mol. The van der Waals surface area contributed by atoms with E-state index in [0.29, 0.717) is 6.29 Å². The predicted octanol–water partition coefficient (Wildman–Crippen LogP) is 1.57. The minimum Gasteiger partial charge on any atom is -0.497 e. The number of rotatable bonds is 4. The lowest BCUT2D eigenvalue weighted by molar-refractivity contribution is -0.130. The highest BCUT2D eigenvalue weighted by Gasteiger charge is 2.43. The summed E-state index contributed by atoms with van der Waals surface area (Å²) in [4.78, 5) is 21.4. The van der Waals surface area contributed by atoms with E-state index in [0.717, 1.165) is 17.7 Å². The van der Waals surface area contributed by atoms with Crippen molar-refractivity contribution in [1.29, 1.82) is 0 Å². The second kappa shape index (κ2) is 3.85. The molecular weight excluding hydrogens is 192 g/mol. The molecular formula is C12H12O3. The third-order valence-corrected chi connectivity index (χ3v) is 2.79. The van der Waals surface area contributed by atoms with Crippen molar-refractivity contribution < 1.29 is 14.3 Å². The molecule has 1 saturated carbocycles. The van der Waals surface area contributed by atoms with Crippen LogP contribution in [0, 0.1) is 5.92 Å². The zero-order valence-corrected chi connectivity index (χ0v) is 8.47. The molecule has 0 radical (unpaired) electrons. The number of carbonyl (C=O) groups is 2. The number of Topliss-reactive ketones (excluding diaryl/α,β-unsaturated/α-hetero) is 1. The standard InChI is InChI=1S/C12H12O3/c1-15-9-4-2-3-8(5-9)10-6-11(10)12(14)7-13/h2-5,7,10-11H,6H2,1H3. The Morgan fingerprint density at radius 1 is 1.53 bits per heavy atom. The van der Waals surface area contributed by atoms with Gasteiger partial charge in [0.2, 0.25) is 0 Å². The van der Waals surface area contributed by atoms with Crippen molar-refractivity contribution in [2.75, 3.05) is 7.11 Å². The number of ketones is 1. The number of benzene rings is 1. The highest BCUT2D eigenvalue weighted by molar-refractivity contribution is 6.27. The number of hydrogen-bond donors (Lipinski definition) is 0. The van der Waals surface area contributed by atoms with Crippen LogP contribution < -0.4 is 4.74 Å². The van der Waals surface area contributed by atoms with Gasteiger partial charge in [-0.2, -0.15) is 0 Å². The zero-order valence-electron chi connectivity index (χ0n) is 8.47. The highest BCUT2D eigenvalue weighted by Crippen LogP contribution is 2.48. The van der Waals surface area contributed by atoms with Crippen LogP contribution in [0.15, 0.2) is 24.3 Å². The smallest absolute Gasteiger partial charge is 0.198 e. The Bertz CT molecular complexity index is 398. The van der Waals surface area contributed by atoms with E-state index in [1.807, 2.05) is 24.3 Å². The molecule has 1 fully saturated rings. The molecule has 15 heavy (non-hydrogen) atoms. The molecule has 3 nitrogen and oxygen atoms in total. The van der Waals surface area contributed by atoms with Crippen molar-refractivity contribution in [3.8, 4) is 5.75 Å². The van der Waals surface area contributed by atoms with Crippen LogP contribution in [0.5, 0.6) is 5.75 Å². The van der Waals surface area contributed by atoms with Crippen molar-refractivity contribution in [2.45, 2.75) is 12.3 Å². The second-order valence-electron chi connectivity index (χ2n) is 3.75. The van der Waals surface area contributed by atoms with E-state index < -0.39 is 0 Å². The molecule has 0 N–H and O–H groups in total. The number of aldehydes is 1. The summed E-state index contributed by atoms with van der Waals surface area (Å²) in [6, 6.07) is 7.64. The van der Waals surface area contributed by atoms with Crippen molar-refractivity contribution in [2.24, 2.45) is 5.92 Å². The SMILES string of the molecule is COc1cccc(C2CC2C(=O)C=O)c1. The first kappa shape index (κ1) is 9.90. The van der Waals surface area contributed by atoms with Crippen LogP contribution in [0.1, 0.15) is 17.9 Å². The molecule has 2 rings (SSSR count). The Labute approximate surface area is 88.1 Å². The van der Waals surface area contributed by atoms with Crippen molar-refractivity contribution in [1.82, 2.24) is 0 Å². The summed E-state index contributed by atoms with van der Waals surface area (Å²) < 4.78 is 5.10. The normalized spacial score (nSPS) is 23.3. The van der Waals surface area contributed by atoms with Crippen LogP contribution in [0.2, 0.25) is 0 Å². The van der Waals surface area contributed by atoms with Gasteiger partial charge >= 0.3 is 0 Å². The van der Waals surface area contributed by atoms with Gasteiger partial charge in [0.25, 0.3) is 0 Å². The van der Waals surface area contributed by atoms with Crippen molar-refractivity contribution in [3.05, 3.63) is 29.8 Å². The summed E-state index contributed by atoms with van der Waals surface area (Å²) in [7, 11) is 1.61. The molecule has 1 aromatic carbocycles. The molecule has 1 aromatic rings. The molecule has 2 unspecified atom stereocenters. The fourth-order valence-electron chi connectivity index (χ4n) is 1.84. The molecule has 0 bridgehead atoms. The Morgan fingerprint density at radius 3 is 3.00 bits per heavy atom. The second-order valence-corrected chi connectivity index (χ2v) is 3.75. The van der Waals surface area contributed by atoms with Gasteiger partial charge in [0.15, 0.2) is 12.1 Å². The van der Waals surface area contributed by atoms with E-state index in [9.17, 15) is 9.59 Å². The van der Waals surface area contributed by atoms with Crippen LogP contribution in [0.25, 0.3) is 0 Å². The zero-order chi connectivity index (χ0) is 10.8. The monoisotopic (exact) mass is 204 g/mol. The van der Waals surface area contributed by atoms with Crippen molar-refractivity contribution in [3.63, 3.8) is 0 Å². The Balaban J connectivity index is 2.12. The summed E-state index contributed by atoms with van der Waals surface area (Å²) in [5, 5.41) is 0. The maximum atomic E-state index is 11.1. The minimum absolute atomic E-state index is 0.102. The number of ether oxygens (including phenoxy) is 1. The first-order valence-corrected chi connectivity index (χ1v) is 4.89. The molecule has 0 saturated heterocycles. The lowest BCUT2D eigenvalue weighted by atomic mass is 10.1. The summed E-state index contributed by atoms with van der Waals surface area (Å²) in [5.41, 5.74) is 1.08. The molecule has 0 aliphatic heterocycles. The van der Waals surface area contributed by atoms with Gasteiger partial charge in [0.05, 0.1) is 7.11 Å². The van der Waals surface area contributed by atoms with Gasteiger partial charge in [-0.1, -0.05) is 12.1 Å². The fraction of sp³-hybridized carbons (Fsp3) is 0.333. The molecule has 2 atom stereocenters. The molecule has 78 valence electrons. The van der Waals surface area contributed by atoms with E-state index in [4.69, 9.17) is 4.74 Å². The third kappa shape index (κ3) is 1.91. The average Bonchev–Trinajstić information content (AvgIpc) is 3.08. The van der Waals surface area contributed by atoms with Crippen LogP contribution >= 0.6 is 0 Å². The maximum Gasteiger partial charge on any atom is 0.198 e. The van der Waals surface area contributed by atoms with Gasteiger partial charge in [-0.3, -0.25) is 9.59 Å². The Morgan fingerprint density at radius 2 is 2.33 bits per heavy atom. The first-order valence-electron chi connectivity index (χ1n) is 4.89. The maximum absolute atomic E-state index is 11.1. The molecule has 0 heterocycles. The summed E-state index contributed by atoms with van der Waals surface area (Å²) in [6.45, 7) is 0. The highest BCUT2D eigenvalue weighted by atomic mass is 16.5. The summed E-state index contributed by atoms with van der Waals surface area (Å²) in [5.74, 6) is 0.604. The van der Waals surface area contributed by atoms with E-state index in [1.54, 1.807) is 7.11 Å². The van der Waals surface area contributed by atoms with Crippen molar-refractivity contribution >= 4 is 12.1 Å². The van der Waals surface area contributed by atoms with Gasteiger partial charge in [0.1, 0.15) is 5.75 Å².